The van der Waals surface area contributed by atoms with Gasteiger partial charge in [-0.25, -0.2) is 0 Å². The van der Waals surface area contributed by atoms with Gasteiger partial charge in [-0.1, -0.05) is 42.5 Å². The Balaban J connectivity index is 2.21. The van der Waals surface area contributed by atoms with E-state index in [1.165, 1.54) is 5.56 Å². The van der Waals surface area contributed by atoms with Crippen LogP contribution in [0.3, 0.4) is 0 Å². The molecule has 2 aromatic carbocycles. The number of nitrogens with two attached hydrogens (primary N) is 1. The van der Waals surface area contributed by atoms with Crippen molar-refractivity contribution in [2.75, 3.05) is 5.73 Å². The summed E-state index contributed by atoms with van der Waals surface area (Å²) in [5.74, 6) is 0. The molecule has 3 aromatic rings. The molecule has 1 heterocycles. The highest BCUT2D eigenvalue weighted by atomic mass is 14.7. The van der Waals surface area contributed by atoms with Crippen LogP contribution in [0, 0.1) is 0 Å². The second-order valence-corrected chi connectivity index (χ2v) is 4.01. The zero-order valence-corrected chi connectivity index (χ0v) is 9.30. The number of benzene rings is 2. The van der Waals surface area contributed by atoms with E-state index >= 15 is 0 Å². The molecule has 1 aromatic heterocycles. The summed E-state index contributed by atoms with van der Waals surface area (Å²) < 4.78 is 0. The number of hydrogen-bond acceptors (Lipinski definition) is 2. The fraction of sp³-hybridized carbons (Fsp3) is 0. The number of fused-ring (bicyclic) bond motifs is 1. The smallest absolute Gasteiger partial charge is 0.0931 e. The van der Waals surface area contributed by atoms with Crippen molar-refractivity contribution in [2.24, 2.45) is 0 Å². The summed E-state index contributed by atoms with van der Waals surface area (Å²) in [6, 6.07) is 18.2. The molecule has 0 bridgehead atoms. The third kappa shape index (κ3) is 1.74. The van der Waals surface area contributed by atoms with E-state index < -0.39 is 0 Å². The maximum Gasteiger partial charge on any atom is 0.0931 e. The molecule has 0 aliphatic rings. The number of rotatable bonds is 1. The minimum absolute atomic E-state index is 0.724. The Morgan fingerprint density at radius 1 is 0.824 bits per heavy atom. The summed E-state index contributed by atoms with van der Waals surface area (Å²) in [5.41, 5.74) is 9.76. The van der Waals surface area contributed by atoms with Gasteiger partial charge in [0.15, 0.2) is 0 Å². The first-order valence-electron chi connectivity index (χ1n) is 5.54. The lowest BCUT2D eigenvalue weighted by molar-refractivity contribution is 1.41. The molecule has 0 unspecified atom stereocenters. The van der Waals surface area contributed by atoms with Crippen molar-refractivity contribution in [3.05, 3.63) is 60.8 Å². The van der Waals surface area contributed by atoms with Crippen LogP contribution in [-0.2, 0) is 0 Å². The summed E-state index contributed by atoms with van der Waals surface area (Å²) in [6.07, 6.45) is 1.87. The van der Waals surface area contributed by atoms with Crippen LogP contribution in [0.25, 0.3) is 22.0 Å². The first-order chi connectivity index (χ1) is 8.34. The molecule has 0 atom stereocenters. The Labute approximate surface area is 99.7 Å². The van der Waals surface area contributed by atoms with Gasteiger partial charge >= 0.3 is 0 Å². The molecule has 2 N–H and O–H groups in total. The van der Waals surface area contributed by atoms with Gasteiger partial charge < -0.3 is 5.73 Å². The fourth-order valence-corrected chi connectivity index (χ4v) is 1.97. The Hall–Kier alpha value is -2.35. The number of nitrogens with zero attached hydrogens (tertiary/aromatic N) is 1. The summed E-state index contributed by atoms with van der Waals surface area (Å²) >= 11 is 0. The number of para-hydroxylation sites is 1. The van der Waals surface area contributed by atoms with Crippen LogP contribution in [0.5, 0.6) is 0 Å². The Morgan fingerprint density at radius 2 is 1.65 bits per heavy atom. The van der Waals surface area contributed by atoms with Crippen LogP contribution in [0.2, 0.25) is 0 Å². The molecule has 0 spiro atoms. The lowest BCUT2D eigenvalue weighted by Crippen LogP contribution is -1.89. The fourth-order valence-electron chi connectivity index (χ4n) is 1.97. The van der Waals surface area contributed by atoms with E-state index in [0.717, 1.165) is 22.2 Å². The number of anilines is 1. The molecule has 0 amide bonds. The molecule has 0 radical (unpaired) electrons. The van der Waals surface area contributed by atoms with E-state index in [1.54, 1.807) is 0 Å². The molecular formula is C15H12N2. The van der Waals surface area contributed by atoms with Gasteiger partial charge in [0.25, 0.3) is 0 Å². The molecule has 0 aliphatic carbocycles. The van der Waals surface area contributed by atoms with Gasteiger partial charge in [0.05, 0.1) is 11.2 Å². The monoisotopic (exact) mass is 220 g/mol. The Kier molecular flexibility index (Phi) is 2.26. The van der Waals surface area contributed by atoms with Crippen LogP contribution in [0.15, 0.2) is 60.8 Å². The number of hydrogen-bond donors (Lipinski definition) is 1. The van der Waals surface area contributed by atoms with Gasteiger partial charge in [-0.05, 0) is 17.7 Å². The van der Waals surface area contributed by atoms with Crippen LogP contribution < -0.4 is 5.73 Å². The molecule has 2 nitrogen and oxygen atoms in total. The predicted octanol–water partition coefficient (Wildman–Crippen LogP) is 3.48. The maximum absolute atomic E-state index is 5.88. The van der Waals surface area contributed by atoms with Crippen LogP contribution in [-0.4, -0.2) is 4.98 Å². The first kappa shape index (κ1) is 9.85. The molecule has 0 fully saturated rings. The zero-order valence-electron chi connectivity index (χ0n) is 9.30. The van der Waals surface area contributed by atoms with Crippen molar-refractivity contribution >= 4 is 16.6 Å². The highest BCUT2D eigenvalue weighted by Gasteiger charge is 2.02. The molecule has 82 valence electrons. The molecule has 17 heavy (non-hydrogen) atoms. The molecule has 3 rings (SSSR count). The van der Waals surface area contributed by atoms with Crippen molar-refractivity contribution in [1.82, 2.24) is 4.98 Å². The minimum atomic E-state index is 0.724. The predicted molar refractivity (Wildman–Crippen MR) is 71.6 cm³/mol. The standard InChI is InChI=1S/C15H12N2/c16-14-8-4-7-12-9-13(10-17-15(12)14)11-5-2-1-3-6-11/h1-10H,16H2. The summed E-state index contributed by atoms with van der Waals surface area (Å²) in [6.45, 7) is 0. The van der Waals surface area contributed by atoms with Crippen molar-refractivity contribution < 1.29 is 0 Å². The first-order valence-corrected chi connectivity index (χ1v) is 5.54. The van der Waals surface area contributed by atoms with Gasteiger partial charge in [-0.2, -0.15) is 0 Å². The Bertz CT molecular complexity index is 660. The van der Waals surface area contributed by atoms with Crippen LogP contribution >= 0.6 is 0 Å². The molecule has 2 heteroatoms. The summed E-state index contributed by atoms with van der Waals surface area (Å²) in [5, 5.41) is 1.08. The normalized spacial score (nSPS) is 10.6. The lowest BCUT2D eigenvalue weighted by Gasteiger charge is -2.04. The summed E-state index contributed by atoms with van der Waals surface area (Å²) in [4.78, 5) is 4.43. The SMILES string of the molecule is Nc1cccc2cc(-c3ccccc3)cnc12. The van der Waals surface area contributed by atoms with E-state index in [2.05, 4.69) is 23.2 Å². The number of pyridine rings is 1. The average Bonchev–Trinajstić information content (AvgIpc) is 2.40. The average molecular weight is 220 g/mol. The largest absolute Gasteiger partial charge is 0.397 e. The zero-order chi connectivity index (χ0) is 11.7. The quantitative estimate of drug-likeness (QED) is 0.637. The van der Waals surface area contributed by atoms with Crippen molar-refractivity contribution in [3.63, 3.8) is 0 Å². The molecule has 0 saturated carbocycles. The Morgan fingerprint density at radius 3 is 2.47 bits per heavy atom. The molecular weight excluding hydrogens is 208 g/mol. The van der Waals surface area contributed by atoms with E-state index in [0.29, 0.717) is 0 Å². The van der Waals surface area contributed by atoms with Crippen LogP contribution in [0.4, 0.5) is 5.69 Å². The topological polar surface area (TPSA) is 38.9 Å². The minimum Gasteiger partial charge on any atom is -0.397 e. The summed E-state index contributed by atoms with van der Waals surface area (Å²) in [7, 11) is 0. The van der Waals surface area contributed by atoms with Crippen molar-refractivity contribution in [2.45, 2.75) is 0 Å². The van der Waals surface area contributed by atoms with Gasteiger partial charge in [0.1, 0.15) is 0 Å². The highest BCUT2D eigenvalue weighted by Crippen LogP contribution is 2.24. The van der Waals surface area contributed by atoms with Crippen LogP contribution in [0.1, 0.15) is 0 Å². The van der Waals surface area contributed by atoms with Gasteiger partial charge in [-0.15, -0.1) is 0 Å². The van der Waals surface area contributed by atoms with E-state index in [-0.39, 0.29) is 0 Å². The van der Waals surface area contributed by atoms with Crippen molar-refractivity contribution in [3.8, 4) is 11.1 Å². The third-order valence-corrected chi connectivity index (χ3v) is 2.85. The molecule has 0 saturated heterocycles. The second-order valence-electron chi connectivity index (χ2n) is 4.01. The van der Waals surface area contributed by atoms with Gasteiger partial charge in [0, 0.05) is 17.1 Å². The van der Waals surface area contributed by atoms with E-state index in [1.807, 2.05) is 42.6 Å². The maximum atomic E-state index is 5.88. The third-order valence-electron chi connectivity index (χ3n) is 2.85. The van der Waals surface area contributed by atoms with Gasteiger partial charge in [-0.3, -0.25) is 4.98 Å². The van der Waals surface area contributed by atoms with E-state index in [4.69, 9.17) is 5.73 Å². The lowest BCUT2D eigenvalue weighted by atomic mass is 10.1. The van der Waals surface area contributed by atoms with E-state index in [9.17, 15) is 0 Å². The number of aromatic nitrogens is 1. The second kappa shape index (κ2) is 3.91. The highest BCUT2D eigenvalue weighted by molar-refractivity contribution is 5.91. The number of nitrogen functional groups attached to an aromatic ring is 1. The van der Waals surface area contributed by atoms with Crippen molar-refractivity contribution in [1.29, 1.82) is 0 Å². The van der Waals surface area contributed by atoms with Gasteiger partial charge in [0.2, 0.25) is 0 Å². The molecule has 0 aliphatic heterocycles.